The lowest BCUT2D eigenvalue weighted by Crippen LogP contribution is -2.44. The normalized spacial score (nSPS) is 10.8. The Labute approximate surface area is 118 Å². The number of esters is 1. The van der Waals surface area contributed by atoms with E-state index in [4.69, 9.17) is 15.3 Å². The van der Waals surface area contributed by atoms with Gasteiger partial charge in [0.15, 0.2) is 0 Å². The minimum atomic E-state index is -0.769. The lowest BCUT2D eigenvalue weighted by Gasteiger charge is -2.23. The van der Waals surface area contributed by atoms with Crippen molar-refractivity contribution >= 4 is 12.1 Å². The number of amides is 1. The molecule has 1 aromatic rings. The molecule has 0 saturated carbocycles. The molecule has 0 atom stereocenters. The van der Waals surface area contributed by atoms with Crippen molar-refractivity contribution < 1.29 is 19.1 Å². The maximum absolute atomic E-state index is 11.5. The van der Waals surface area contributed by atoms with Crippen molar-refractivity contribution in [2.24, 2.45) is 5.84 Å². The highest BCUT2D eigenvalue weighted by molar-refractivity contribution is 5.77. The van der Waals surface area contributed by atoms with Crippen LogP contribution in [0.4, 0.5) is 4.79 Å². The molecular formula is C14H20N2O4. The van der Waals surface area contributed by atoms with Crippen molar-refractivity contribution in [1.82, 2.24) is 5.01 Å². The molecule has 20 heavy (non-hydrogen) atoms. The van der Waals surface area contributed by atoms with Crippen molar-refractivity contribution in [2.75, 3.05) is 6.54 Å². The first kappa shape index (κ1) is 16.0. The SMILES string of the molecule is CC(C)(C)OC(=O)N(N)CC(=O)OCc1ccccc1. The minimum absolute atomic E-state index is 0.141. The number of hydrogen-bond acceptors (Lipinski definition) is 5. The molecule has 0 saturated heterocycles. The Balaban J connectivity index is 2.36. The average molecular weight is 280 g/mol. The van der Waals surface area contributed by atoms with Gasteiger partial charge in [0.1, 0.15) is 18.8 Å². The van der Waals surface area contributed by atoms with Crippen LogP contribution in [0.3, 0.4) is 0 Å². The largest absolute Gasteiger partial charge is 0.459 e. The number of rotatable bonds is 4. The second kappa shape index (κ2) is 6.91. The lowest BCUT2D eigenvalue weighted by atomic mass is 10.2. The highest BCUT2D eigenvalue weighted by atomic mass is 16.6. The highest BCUT2D eigenvalue weighted by Gasteiger charge is 2.22. The number of carbonyl (C=O) groups excluding carboxylic acids is 2. The smallest absolute Gasteiger partial charge is 0.425 e. The average Bonchev–Trinajstić information content (AvgIpc) is 2.35. The van der Waals surface area contributed by atoms with Crippen LogP contribution in [0.25, 0.3) is 0 Å². The molecule has 2 N–H and O–H groups in total. The summed E-state index contributed by atoms with van der Waals surface area (Å²) in [4.78, 5) is 23.1. The third-order valence-corrected chi connectivity index (χ3v) is 2.17. The molecule has 0 spiro atoms. The first-order valence-electron chi connectivity index (χ1n) is 6.23. The number of ether oxygens (including phenoxy) is 2. The van der Waals surface area contributed by atoms with E-state index in [1.165, 1.54) is 0 Å². The van der Waals surface area contributed by atoms with Crippen molar-refractivity contribution in [1.29, 1.82) is 0 Å². The predicted octanol–water partition coefficient (Wildman–Crippen LogP) is 1.84. The summed E-state index contributed by atoms with van der Waals surface area (Å²) in [5.41, 5.74) is 0.199. The minimum Gasteiger partial charge on any atom is -0.459 e. The zero-order valence-corrected chi connectivity index (χ0v) is 12.0. The molecule has 110 valence electrons. The Hall–Kier alpha value is -2.08. The predicted molar refractivity (Wildman–Crippen MR) is 73.4 cm³/mol. The highest BCUT2D eigenvalue weighted by Crippen LogP contribution is 2.08. The molecule has 0 bridgehead atoms. The van der Waals surface area contributed by atoms with E-state index in [1.807, 2.05) is 30.3 Å². The molecule has 6 nitrogen and oxygen atoms in total. The molecule has 0 fully saturated rings. The third-order valence-electron chi connectivity index (χ3n) is 2.17. The first-order chi connectivity index (χ1) is 9.28. The molecular weight excluding hydrogens is 260 g/mol. The Kier molecular flexibility index (Phi) is 5.52. The van der Waals surface area contributed by atoms with Crippen LogP contribution in [-0.2, 0) is 20.9 Å². The number of hydrogen-bond donors (Lipinski definition) is 1. The van der Waals surface area contributed by atoms with Gasteiger partial charge in [0.05, 0.1) is 0 Å². The number of nitrogens with two attached hydrogens (primary N) is 1. The van der Waals surface area contributed by atoms with Crippen molar-refractivity contribution in [3.63, 3.8) is 0 Å². The van der Waals surface area contributed by atoms with Gasteiger partial charge in [0.25, 0.3) is 0 Å². The van der Waals surface area contributed by atoms with Crippen LogP contribution in [-0.4, -0.2) is 29.2 Å². The van der Waals surface area contributed by atoms with Gasteiger partial charge >= 0.3 is 12.1 Å². The topological polar surface area (TPSA) is 81.9 Å². The van der Waals surface area contributed by atoms with Gasteiger partial charge < -0.3 is 9.47 Å². The van der Waals surface area contributed by atoms with E-state index in [0.29, 0.717) is 5.01 Å². The second-order valence-electron chi connectivity index (χ2n) is 5.25. The standard InChI is InChI=1S/C14H20N2O4/c1-14(2,3)20-13(18)16(15)9-12(17)19-10-11-7-5-4-6-8-11/h4-8H,9-10,15H2,1-3H3. The molecule has 1 amide bonds. The summed E-state index contributed by atoms with van der Waals surface area (Å²) in [6, 6.07) is 9.23. The summed E-state index contributed by atoms with van der Waals surface area (Å²) in [5, 5.41) is 0.693. The molecule has 0 aromatic heterocycles. The molecule has 0 heterocycles. The summed E-state index contributed by atoms with van der Waals surface area (Å²) in [5.74, 6) is 4.86. The van der Waals surface area contributed by atoms with Crippen LogP contribution in [0, 0.1) is 0 Å². The zero-order valence-electron chi connectivity index (χ0n) is 12.0. The van der Waals surface area contributed by atoms with Gasteiger partial charge in [-0.15, -0.1) is 0 Å². The van der Waals surface area contributed by atoms with E-state index in [-0.39, 0.29) is 13.2 Å². The fourth-order valence-corrected chi connectivity index (χ4v) is 1.31. The van der Waals surface area contributed by atoms with E-state index in [0.717, 1.165) is 5.56 Å². The summed E-state index contributed by atoms with van der Waals surface area (Å²) in [6.45, 7) is 4.93. The molecule has 6 heteroatoms. The molecule has 0 radical (unpaired) electrons. The van der Waals surface area contributed by atoms with E-state index < -0.39 is 17.7 Å². The van der Waals surface area contributed by atoms with E-state index in [9.17, 15) is 9.59 Å². The van der Waals surface area contributed by atoms with Crippen LogP contribution in [0.1, 0.15) is 26.3 Å². The van der Waals surface area contributed by atoms with E-state index in [1.54, 1.807) is 20.8 Å². The maximum atomic E-state index is 11.5. The van der Waals surface area contributed by atoms with Gasteiger partial charge in [-0.05, 0) is 26.3 Å². The Bertz CT molecular complexity index is 454. The van der Waals surface area contributed by atoms with E-state index in [2.05, 4.69) is 0 Å². The fraction of sp³-hybridized carbons (Fsp3) is 0.429. The van der Waals surface area contributed by atoms with E-state index >= 15 is 0 Å². The van der Waals surface area contributed by atoms with Crippen LogP contribution in [0.15, 0.2) is 30.3 Å². The van der Waals surface area contributed by atoms with Crippen molar-refractivity contribution in [3.05, 3.63) is 35.9 Å². The van der Waals surface area contributed by atoms with Gasteiger partial charge in [-0.3, -0.25) is 4.79 Å². The van der Waals surface area contributed by atoms with Gasteiger partial charge in [0, 0.05) is 0 Å². The number of nitrogens with zero attached hydrogens (tertiary/aromatic N) is 1. The Morgan fingerprint density at radius 1 is 1.20 bits per heavy atom. The van der Waals surface area contributed by atoms with Gasteiger partial charge in [0.2, 0.25) is 0 Å². The van der Waals surface area contributed by atoms with Crippen molar-refractivity contribution in [2.45, 2.75) is 33.0 Å². The maximum Gasteiger partial charge on any atom is 0.425 e. The zero-order chi connectivity index (χ0) is 15.2. The molecule has 0 aliphatic rings. The Morgan fingerprint density at radius 3 is 2.35 bits per heavy atom. The Morgan fingerprint density at radius 2 is 1.80 bits per heavy atom. The second-order valence-corrected chi connectivity index (χ2v) is 5.25. The number of benzene rings is 1. The molecule has 1 aromatic carbocycles. The van der Waals surface area contributed by atoms with Crippen LogP contribution in [0.5, 0.6) is 0 Å². The molecule has 0 unspecified atom stereocenters. The van der Waals surface area contributed by atoms with Gasteiger partial charge in [-0.1, -0.05) is 30.3 Å². The van der Waals surface area contributed by atoms with Crippen molar-refractivity contribution in [3.8, 4) is 0 Å². The number of carbonyl (C=O) groups is 2. The van der Waals surface area contributed by atoms with Crippen LogP contribution < -0.4 is 5.84 Å². The van der Waals surface area contributed by atoms with Crippen LogP contribution >= 0.6 is 0 Å². The molecule has 0 aliphatic heterocycles. The number of hydrazine groups is 1. The molecule has 1 rings (SSSR count). The summed E-state index contributed by atoms with van der Waals surface area (Å²) >= 11 is 0. The third kappa shape index (κ3) is 6.19. The summed E-state index contributed by atoms with van der Waals surface area (Å²) in [6.07, 6.45) is -0.769. The first-order valence-corrected chi connectivity index (χ1v) is 6.23. The summed E-state index contributed by atoms with van der Waals surface area (Å²) in [7, 11) is 0. The van der Waals surface area contributed by atoms with Gasteiger partial charge in [-0.2, -0.15) is 0 Å². The van der Waals surface area contributed by atoms with Crippen LogP contribution in [0.2, 0.25) is 0 Å². The fourth-order valence-electron chi connectivity index (χ4n) is 1.31. The lowest BCUT2D eigenvalue weighted by molar-refractivity contribution is -0.146. The monoisotopic (exact) mass is 280 g/mol. The molecule has 0 aliphatic carbocycles. The quantitative estimate of drug-likeness (QED) is 0.394. The summed E-state index contributed by atoms with van der Waals surface area (Å²) < 4.78 is 10.0. The van der Waals surface area contributed by atoms with Gasteiger partial charge in [-0.25, -0.2) is 15.6 Å².